The van der Waals surface area contributed by atoms with Crippen molar-refractivity contribution in [1.82, 2.24) is 10.3 Å². The van der Waals surface area contributed by atoms with E-state index < -0.39 is 0 Å². The molecular weight excluding hydrogens is 214 g/mol. The van der Waals surface area contributed by atoms with Crippen LogP contribution in [0.4, 0.5) is 0 Å². The first-order valence-corrected chi connectivity index (χ1v) is 6.68. The van der Waals surface area contributed by atoms with Crippen molar-refractivity contribution >= 4 is 5.91 Å². The number of nitrogens with one attached hydrogen (secondary N) is 1. The highest BCUT2D eigenvalue weighted by Crippen LogP contribution is 2.30. The van der Waals surface area contributed by atoms with E-state index in [1.165, 1.54) is 19.3 Å². The molecule has 0 saturated carbocycles. The number of rotatable bonds is 4. The molecule has 0 aliphatic carbocycles. The van der Waals surface area contributed by atoms with Crippen LogP contribution < -0.4 is 11.3 Å². The molecule has 0 aromatic rings. The van der Waals surface area contributed by atoms with Gasteiger partial charge in [0.15, 0.2) is 0 Å². The lowest BCUT2D eigenvalue weighted by atomic mass is 9.85. The number of carbonyl (C=O) groups excluding carboxylic acids is 1. The Morgan fingerprint density at radius 1 is 1.41 bits per heavy atom. The quantitative estimate of drug-likeness (QED) is 0.447. The summed E-state index contributed by atoms with van der Waals surface area (Å²) >= 11 is 0. The third kappa shape index (κ3) is 5.04. The molecule has 1 heterocycles. The van der Waals surface area contributed by atoms with E-state index >= 15 is 0 Å². The fraction of sp³-hybridized carbons (Fsp3) is 0.923. The molecule has 0 radical (unpaired) electrons. The van der Waals surface area contributed by atoms with E-state index in [4.69, 9.17) is 5.84 Å². The van der Waals surface area contributed by atoms with Crippen molar-refractivity contribution in [3.63, 3.8) is 0 Å². The van der Waals surface area contributed by atoms with Gasteiger partial charge in [0.2, 0.25) is 5.91 Å². The normalized spacial score (nSPS) is 22.8. The molecule has 4 nitrogen and oxygen atoms in total. The monoisotopic (exact) mass is 241 g/mol. The van der Waals surface area contributed by atoms with Crippen LogP contribution in [0.15, 0.2) is 0 Å². The molecule has 1 fully saturated rings. The maximum atomic E-state index is 11.1. The van der Waals surface area contributed by atoms with Gasteiger partial charge < -0.3 is 4.90 Å². The lowest BCUT2D eigenvalue weighted by Gasteiger charge is -2.28. The Labute approximate surface area is 105 Å². The topological polar surface area (TPSA) is 58.4 Å². The van der Waals surface area contributed by atoms with Crippen LogP contribution in [0.25, 0.3) is 0 Å². The van der Waals surface area contributed by atoms with E-state index in [1.54, 1.807) is 0 Å². The molecular formula is C13H27N3O. The zero-order valence-electron chi connectivity index (χ0n) is 11.5. The zero-order valence-corrected chi connectivity index (χ0v) is 11.5. The largest absolute Gasteiger partial charge is 0.301 e. The van der Waals surface area contributed by atoms with Gasteiger partial charge in [0.05, 0.1) is 0 Å². The van der Waals surface area contributed by atoms with Gasteiger partial charge in [0.25, 0.3) is 0 Å². The number of hydrazine groups is 1. The van der Waals surface area contributed by atoms with E-state index in [0.717, 1.165) is 19.5 Å². The minimum absolute atomic E-state index is 0.0630. The molecule has 1 unspecified atom stereocenters. The number of amides is 1. The van der Waals surface area contributed by atoms with E-state index in [2.05, 4.69) is 31.1 Å². The second-order valence-corrected chi connectivity index (χ2v) is 6.01. The predicted molar refractivity (Wildman–Crippen MR) is 70.2 cm³/mol. The van der Waals surface area contributed by atoms with Gasteiger partial charge in [-0.2, -0.15) is 0 Å². The van der Waals surface area contributed by atoms with Crippen LogP contribution in [0.1, 0.15) is 52.9 Å². The molecule has 1 saturated heterocycles. The summed E-state index contributed by atoms with van der Waals surface area (Å²) < 4.78 is 0. The first-order chi connectivity index (χ1) is 7.94. The van der Waals surface area contributed by atoms with Crippen molar-refractivity contribution in [2.45, 2.75) is 58.9 Å². The molecule has 0 aromatic carbocycles. The summed E-state index contributed by atoms with van der Waals surface area (Å²) in [6, 6.07) is 0.473. The first-order valence-electron chi connectivity index (χ1n) is 6.68. The highest BCUT2D eigenvalue weighted by atomic mass is 16.2. The van der Waals surface area contributed by atoms with Gasteiger partial charge in [-0.3, -0.25) is 10.2 Å². The lowest BCUT2D eigenvalue weighted by Crippen LogP contribution is -2.36. The van der Waals surface area contributed by atoms with Crippen molar-refractivity contribution in [3.8, 4) is 0 Å². The Morgan fingerprint density at radius 2 is 2.12 bits per heavy atom. The van der Waals surface area contributed by atoms with Crippen molar-refractivity contribution in [2.75, 3.05) is 13.1 Å². The zero-order chi connectivity index (χ0) is 12.9. The molecule has 100 valence electrons. The highest BCUT2D eigenvalue weighted by Gasteiger charge is 2.25. The number of likely N-dealkylation sites (tertiary alicyclic amines) is 1. The Morgan fingerprint density at radius 3 is 2.76 bits per heavy atom. The van der Waals surface area contributed by atoms with Crippen molar-refractivity contribution in [3.05, 3.63) is 0 Å². The van der Waals surface area contributed by atoms with Crippen LogP contribution in [0.2, 0.25) is 0 Å². The number of carbonyl (C=O) groups is 1. The second-order valence-electron chi connectivity index (χ2n) is 6.01. The first kappa shape index (κ1) is 14.5. The van der Waals surface area contributed by atoms with Crippen molar-refractivity contribution in [1.29, 1.82) is 0 Å². The van der Waals surface area contributed by atoms with Gasteiger partial charge in [-0.1, -0.05) is 13.8 Å². The Kier molecular flexibility index (Phi) is 5.40. The van der Waals surface area contributed by atoms with E-state index in [-0.39, 0.29) is 5.91 Å². The average Bonchev–Trinajstić information content (AvgIpc) is 2.46. The minimum atomic E-state index is -0.0630. The molecule has 4 heteroatoms. The van der Waals surface area contributed by atoms with Crippen molar-refractivity contribution < 1.29 is 4.79 Å². The van der Waals surface area contributed by atoms with Crippen LogP contribution in [0.5, 0.6) is 0 Å². The molecule has 1 rings (SSSR count). The summed E-state index contributed by atoms with van der Waals surface area (Å²) in [5.41, 5.74) is 2.67. The number of hydrogen-bond acceptors (Lipinski definition) is 3. The number of nitrogens with zero attached hydrogens (tertiary/aromatic N) is 1. The summed E-state index contributed by atoms with van der Waals surface area (Å²) in [5, 5.41) is 0. The van der Waals surface area contributed by atoms with E-state index in [9.17, 15) is 4.79 Å². The lowest BCUT2D eigenvalue weighted by molar-refractivity contribution is -0.121. The van der Waals surface area contributed by atoms with Crippen LogP contribution in [0.3, 0.4) is 0 Å². The third-order valence-corrected chi connectivity index (χ3v) is 3.95. The van der Waals surface area contributed by atoms with E-state index in [0.29, 0.717) is 17.9 Å². The van der Waals surface area contributed by atoms with Crippen LogP contribution in [-0.2, 0) is 4.79 Å². The molecule has 0 bridgehead atoms. The molecule has 1 aliphatic heterocycles. The summed E-state index contributed by atoms with van der Waals surface area (Å²) in [6.07, 6.45) is 5.24. The van der Waals surface area contributed by atoms with Crippen LogP contribution in [0, 0.1) is 5.41 Å². The summed E-state index contributed by atoms with van der Waals surface area (Å²) in [4.78, 5) is 13.6. The van der Waals surface area contributed by atoms with Gasteiger partial charge in [0.1, 0.15) is 0 Å². The average molecular weight is 241 g/mol. The van der Waals surface area contributed by atoms with Gasteiger partial charge in [0, 0.05) is 12.5 Å². The molecule has 1 atom stereocenters. The third-order valence-electron chi connectivity index (χ3n) is 3.95. The molecule has 17 heavy (non-hydrogen) atoms. The maximum Gasteiger partial charge on any atom is 0.233 e. The molecule has 0 aromatic heterocycles. The minimum Gasteiger partial charge on any atom is -0.301 e. The number of nitrogens with two attached hydrogens (primary N) is 1. The Balaban J connectivity index is 2.36. The fourth-order valence-corrected chi connectivity index (χ4v) is 2.48. The van der Waals surface area contributed by atoms with Crippen LogP contribution in [-0.4, -0.2) is 29.9 Å². The van der Waals surface area contributed by atoms with Gasteiger partial charge in [-0.05, 0) is 51.1 Å². The standard InChI is InChI=1S/C13H27N3O/c1-11(5-6-12(17)15-14)16-9-4-7-13(2,3)8-10-16/h11H,4-10,14H2,1-3H3,(H,15,17). The fourth-order valence-electron chi connectivity index (χ4n) is 2.48. The van der Waals surface area contributed by atoms with Gasteiger partial charge in [-0.25, -0.2) is 5.84 Å². The van der Waals surface area contributed by atoms with Crippen LogP contribution >= 0.6 is 0 Å². The summed E-state index contributed by atoms with van der Waals surface area (Å²) in [5.74, 6) is 5.02. The Hall–Kier alpha value is -0.610. The van der Waals surface area contributed by atoms with E-state index in [1.807, 2.05) is 0 Å². The molecule has 1 aliphatic rings. The maximum absolute atomic E-state index is 11.1. The molecule has 3 N–H and O–H groups in total. The second kappa shape index (κ2) is 6.36. The Bertz CT molecular complexity index is 253. The smallest absolute Gasteiger partial charge is 0.233 e. The molecule has 0 spiro atoms. The highest BCUT2D eigenvalue weighted by molar-refractivity contribution is 5.75. The number of hydrogen-bond donors (Lipinski definition) is 2. The van der Waals surface area contributed by atoms with Crippen molar-refractivity contribution in [2.24, 2.45) is 11.3 Å². The SMILES string of the molecule is CC(CCC(=O)NN)N1CCCC(C)(C)CC1. The molecule has 1 amide bonds. The van der Waals surface area contributed by atoms with Gasteiger partial charge in [-0.15, -0.1) is 0 Å². The summed E-state index contributed by atoms with van der Waals surface area (Å²) in [7, 11) is 0. The van der Waals surface area contributed by atoms with Gasteiger partial charge >= 0.3 is 0 Å². The summed E-state index contributed by atoms with van der Waals surface area (Å²) in [6.45, 7) is 9.22. The predicted octanol–water partition coefficient (Wildman–Crippen LogP) is 1.66.